The van der Waals surface area contributed by atoms with Crippen LogP contribution < -0.4 is 14.4 Å². The molecule has 1 fully saturated rings. The molecule has 0 aromatic heterocycles. The van der Waals surface area contributed by atoms with E-state index in [9.17, 15) is 9.59 Å². The highest BCUT2D eigenvalue weighted by molar-refractivity contribution is 6.39. The second kappa shape index (κ2) is 7.00. The Labute approximate surface area is 170 Å². The summed E-state index contributed by atoms with van der Waals surface area (Å²) in [5.74, 6) is -0.958. The number of rotatable bonds is 4. The number of fused-ring (bicyclic) bond motifs is 1. The fourth-order valence-electron chi connectivity index (χ4n) is 3.31. The number of hydrogen-bond donors (Lipinski definition) is 0. The molecular weight excluding hydrogens is 407 g/mol. The summed E-state index contributed by atoms with van der Waals surface area (Å²) in [6.45, 7) is 0. The van der Waals surface area contributed by atoms with Crippen LogP contribution in [-0.2, 0) is 14.4 Å². The zero-order valence-corrected chi connectivity index (χ0v) is 16.3. The molecule has 2 aromatic carbocycles. The van der Waals surface area contributed by atoms with Crippen molar-refractivity contribution >= 4 is 46.4 Å². The average molecular weight is 421 g/mol. The third-order valence-corrected chi connectivity index (χ3v) is 5.20. The zero-order valence-electron chi connectivity index (χ0n) is 14.8. The number of amides is 2. The third-order valence-electron chi connectivity index (χ3n) is 4.64. The second-order valence-corrected chi connectivity index (χ2v) is 7.00. The van der Waals surface area contributed by atoms with E-state index in [1.807, 2.05) is 0 Å². The lowest BCUT2D eigenvalue weighted by atomic mass is 9.93. The first-order valence-electron chi connectivity index (χ1n) is 8.25. The molecule has 0 unspecified atom stereocenters. The Morgan fingerprint density at radius 1 is 1.04 bits per heavy atom. The fourth-order valence-corrected chi connectivity index (χ4v) is 3.68. The summed E-state index contributed by atoms with van der Waals surface area (Å²) in [5.41, 5.74) is 1.01. The van der Waals surface area contributed by atoms with Crippen LogP contribution in [0.4, 0.5) is 5.69 Å². The Hall–Kier alpha value is -2.77. The molecule has 28 heavy (non-hydrogen) atoms. The molecule has 9 heteroatoms. The number of ether oxygens (including phenoxy) is 2. The first-order valence-corrected chi connectivity index (χ1v) is 9.01. The number of carbonyl (C=O) groups excluding carboxylic acids is 2. The quantitative estimate of drug-likeness (QED) is 0.709. The van der Waals surface area contributed by atoms with Crippen LogP contribution >= 0.6 is 23.2 Å². The van der Waals surface area contributed by atoms with E-state index in [4.69, 9.17) is 37.5 Å². The van der Waals surface area contributed by atoms with Gasteiger partial charge in [-0.1, -0.05) is 28.4 Å². The molecule has 144 valence electrons. The van der Waals surface area contributed by atoms with Gasteiger partial charge in [0.05, 0.1) is 24.9 Å². The molecule has 1 saturated heterocycles. The minimum absolute atomic E-state index is 0.208. The van der Waals surface area contributed by atoms with Gasteiger partial charge in [-0.15, -0.1) is 0 Å². The first-order chi connectivity index (χ1) is 13.5. The minimum atomic E-state index is -1.08. The molecule has 2 aliphatic rings. The van der Waals surface area contributed by atoms with Crippen molar-refractivity contribution in [2.75, 3.05) is 19.1 Å². The molecule has 0 spiro atoms. The topological polar surface area (TPSA) is 77.4 Å². The number of carbonyl (C=O) groups is 2. The maximum atomic E-state index is 13.2. The summed E-state index contributed by atoms with van der Waals surface area (Å²) in [5, 5.41) is 4.57. The van der Waals surface area contributed by atoms with Crippen molar-refractivity contribution in [3.8, 4) is 11.5 Å². The number of anilines is 1. The minimum Gasteiger partial charge on any atom is -0.497 e. The average Bonchev–Trinajstić information content (AvgIpc) is 3.24. The van der Waals surface area contributed by atoms with Gasteiger partial charge in [-0.2, -0.15) is 0 Å². The van der Waals surface area contributed by atoms with Crippen LogP contribution in [0, 0.1) is 5.92 Å². The predicted molar refractivity (Wildman–Crippen MR) is 103 cm³/mol. The van der Waals surface area contributed by atoms with E-state index in [2.05, 4.69) is 5.16 Å². The van der Waals surface area contributed by atoms with E-state index in [-0.39, 0.29) is 10.7 Å². The molecule has 0 bridgehead atoms. The highest BCUT2D eigenvalue weighted by Gasteiger charge is 2.57. The molecule has 0 radical (unpaired) electrons. The molecule has 0 N–H and O–H groups in total. The Morgan fingerprint density at radius 3 is 2.54 bits per heavy atom. The third kappa shape index (κ3) is 2.78. The van der Waals surface area contributed by atoms with Gasteiger partial charge >= 0.3 is 0 Å². The molecule has 2 aromatic rings. The highest BCUT2D eigenvalue weighted by atomic mass is 35.5. The van der Waals surface area contributed by atoms with Crippen molar-refractivity contribution in [3.05, 3.63) is 52.0 Å². The van der Waals surface area contributed by atoms with Crippen molar-refractivity contribution in [2.24, 2.45) is 11.1 Å². The Balaban J connectivity index is 1.77. The van der Waals surface area contributed by atoms with Crippen LogP contribution in [0.3, 0.4) is 0 Å². The zero-order chi connectivity index (χ0) is 20.0. The number of nitrogens with zero attached hydrogens (tertiary/aromatic N) is 2. The molecule has 2 aliphatic heterocycles. The summed E-state index contributed by atoms with van der Waals surface area (Å²) >= 11 is 12.2. The SMILES string of the molecule is COc1ccc(OC)c(C2=NO[C@H]3C(=O)N(c4cc(Cl)ccc4Cl)C(=O)[C@@H]23)c1. The van der Waals surface area contributed by atoms with Gasteiger partial charge in [-0.3, -0.25) is 9.59 Å². The second-order valence-electron chi connectivity index (χ2n) is 6.15. The van der Waals surface area contributed by atoms with Gasteiger partial charge in [0.2, 0.25) is 12.0 Å². The van der Waals surface area contributed by atoms with E-state index >= 15 is 0 Å². The van der Waals surface area contributed by atoms with Crippen LogP contribution in [0.5, 0.6) is 11.5 Å². The molecule has 2 amide bonds. The number of imide groups is 1. The van der Waals surface area contributed by atoms with Crippen molar-refractivity contribution in [3.63, 3.8) is 0 Å². The Kier molecular flexibility index (Phi) is 4.64. The largest absolute Gasteiger partial charge is 0.497 e. The molecule has 2 atom stereocenters. The van der Waals surface area contributed by atoms with Crippen LogP contribution in [0.1, 0.15) is 5.56 Å². The van der Waals surface area contributed by atoms with Gasteiger partial charge in [0.15, 0.2) is 0 Å². The van der Waals surface area contributed by atoms with Crippen molar-refractivity contribution in [1.82, 2.24) is 0 Å². The summed E-state index contributed by atoms with van der Waals surface area (Å²) in [7, 11) is 3.02. The van der Waals surface area contributed by atoms with E-state index in [0.29, 0.717) is 27.8 Å². The molecule has 4 rings (SSSR count). The molecular formula is C19H14Cl2N2O5. The summed E-state index contributed by atoms with van der Waals surface area (Å²) in [4.78, 5) is 32.4. The monoisotopic (exact) mass is 420 g/mol. The van der Waals surface area contributed by atoms with E-state index in [1.54, 1.807) is 24.3 Å². The van der Waals surface area contributed by atoms with Crippen LogP contribution in [0.2, 0.25) is 10.0 Å². The lowest BCUT2D eigenvalue weighted by molar-refractivity contribution is -0.126. The Bertz CT molecular complexity index is 1020. The molecule has 0 aliphatic carbocycles. The van der Waals surface area contributed by atoms with Gasteiger partial charge in [-0.05, 0) is 36.4 Å². The normalized spacial score (nSPS) is 20.7. The molecule has 2 heterocycles. The van der Waals surface area contributed by atoms with Crippen LogP contribution in [0.15, 0.2) is 41.6 Å². The van der Waals surface area contributed by atoms with E-state index in [1.165, 1.54) is 26.4 Å². The first kappa shape index (κ1) is 18.6. The number of benzene rings is 2. The maximum absolute atomic E-state index is 13.2. The van der Waals surface area contributed by atoms with Crippen molar-refractivity contribution in [1.29, 1.82) is 0 Å². The number of hydrogen-bond acceptors (Lipinski definition) is 6. The molecule has 0 saturated carbocycles. The smallest absolute Gasteiger partial charge is 0.279 e. The van der Waals surface area contributed by atoms with E-state index in [0.717, 1.165) is 4.90 Å². The predicted octanol–water partition coefficient (Wildman–Crippen LogP) is 3.30. The maximum Gasteiger partial charge on any atom is 0.279 e. The number of oxime groups is 1. The summed E-state index contributed by atoms with van der Waals surface area (Å²) < 4.78 is 10.6. The van der Waals surface area contributed by atoms with Gasteiger partial charge in [0.25, 0.3) is 5.91 Å². The van der Waals surface area contributed by atoms with Crippen molar-refractivity contribution < 1.29 is 23.9 Å². The lowest BCUT2D eigenvalue weighted by Crippen LogP contribution is -2.33. The van der Waals surface area contributed by atoms with E-state index < -0.39 is 23.8 Å². The van der Waals surface area contributed by atoms with Crippen LogP contribution in [-0.4, -0.2) is 37.8 Å². The van der Waals surface area contributed by atoms with Gasteiger partial charge < -0.3 is 14.3 Å². The van der Waals surface area contributed by atoms with Crippen molar-refractivity contribution in [2.45, 2.75) is 6.10 Å². The fraction of sp³-hybridized carbons (Fsp3) is 0.211. The number of methoxy groups -OCH3 is 2. The Morgan fingerprint density at radius 2 is 1.82 bits per heavy atom. The summed E-state index contributed by atoms with van der Waals surface area (Å²) in [6.07, 6.45) is -1.08. The number of halogens is 2. The van der Waals surface area contributed by atoms with Crippen LogP contribution in [0.25, 0.3) is 0 Å². The van der Waals surface area contributed by atoms with Gasteiger partial charge in [0, 0.05) is 10.6 Å². The van der Waals surface area contributed by atoms with Gasteiger partial charge in [-0.25, -0.2) is 4.90 Å². The summed E-state index contributed by atoms with van der Waals surface area (Å²) in [6, 6.07) is 9.64. The highest BCUT2D eigenvalue weighted by Crippen LogP contribution is 2.40. The molecule has 7 nitrogen and oxygen atoms in total. The lowest BCUT2D eigenvalue weighted by Gasteiger charge is -2.17. The standard InChI is InChI=1S/C19H14Cl2N2O5/c1-26-10-4-6-14(27-2)11(8-10)16-15-17(28-22-16)19(25)23(18(15)24)13-7-9(20)3-5-12(13)21/h3-8,15,17H,1-2H3/t15-,17+/m0/s1. The van der Waals surface area contributed by atoms with Gasteiger partial charge in [0.1, 0.15) is 23.1 Å².